The Morgan fingerprint density at radius 3 is 2.97 bits per heavy atom. The fraction of sp³-hybridized carbons (Fsp3) is 0.400. The van der Waals surface area contributed by atoms with Gasteiger partial charge in [0.05, 0.1) is 19.2 Å². The van der Waals surface area contributed by atoms with E-state index in [2.05, 4.69) is 25.6 Å². The van der Waals surface area contributed by atoms with Crippen LogP contribution in [0.4, 0.5) is 23.1 Å². The first-order valence-corrected chi connectivity index (χ1v) is 11.1. The molecule has 10 nitrogen and oxygen atoms in total. The summed E-state index contributed by atoms with van der Waals surface area (Å²) < 4.78 is 48.8. The average Bonchev–Trinajstić information content (AvgIpc) is 3.42. The lowest BCUT2D eigenvalue weighted by atomic mass is 10.2. The molecule has 1 aliphatic heterocycles. The van der Waals surface area contributed by atoms with Crippen molar-refractivity contribution in [1.29, 1.82) is 0 Å². The van der Waals surface area contributed by atoms with Crippen LogP contribution >= 0.6 is 11.3 Å². The van der Waals surface area contributed by atoms with Crippen molar-refractivity contribution >= 4 is 32.9 Å². The van der Waals surface area contributed by atoms with E-state index in [4.69, 9.17) is 14.3 Å². The fourth-order valence-corrected chi connectivity index (χ4v) is 4.12. The molecule has 4 rings (SSSR count). The van der Waals surface area contributed by atoms with Crippen molar-refractivity contribution in [2.45, 2.75) is 18.6 Å². The molecule has 0 spiro atoms. The Hall–Kier alpha value is -3.23. The van der Waals surface area contributed by atoms with Crippen LogP contribution in [0.15, 0.2) is 30.6 Å². The molecule has 3 aromatic rings. The van der Waals surface area contributed by atoms with Crippen molar-refractivity contribution in [3.63, 3.8) is 0 Å². The molecule has 3 heterocycles. The first kappa shape index (κ1) is 23.9. The fourth-order valence-electron chi connectivity index (χ4n) is 3.34. The number of methoxy groups -OCH3 is 1. The number of fused-ring (bicyclic) bond motifs is 1. The first-order valence-electron chi connectivity index (χ1n) is 10.2. The molecule has 0 radical (unpaired) electrons. The van der Waals surface area contributed by atoms with Gasteiger partial charge in [0.1, 0.15) is 18.7 Å². The molecule has 1 atom stereocenters. The molecule has 1 fully saturated rings. The Morgan fingerprint density at radius 2 is 2.18 bits per heavy atom. The Kier molecular flexibility index (Phi) is 7.29. The lowest BCUT2D eigenvalue weighted by molar-refractivity contribution is -0.137. The number of hydroxylamine groups is 2. The SMILES string of the molecule is COc1ncnc2sc(NC(=O)ON3CCC(NCCOc4cccc(C(F)(F)F)c4)C3)nc12. The van der Waals surface area contributed by atoms with E-state index in [9.17, 15) is 18.0 Å². The Balaban J connectivity index is 1.18. The van der Waals surface area contributed by atoms with Crippen LogP contribution in [-0.4, -0.2) is 65.5 Å². The van der Waals surface area contributed by atoms with Crippen LogP contribution < -0.4 is 20.1 Å². The summed E-state index contributed by atoms with van der Waals surface area (Å²) in [5, 5.41) is 7.64. The minimum atomic E-state index is -4.41. The van der Waals surface area contributed by atoms with Crippen molar-refractivity contribution in [2.24, 2.45) is 0 Å². The second kappa shape index (κ2) is 10.4. The quantitative estimate of drug-likeness (QED) is 0.452. The van der Waals surface area contributed by atoms with Gasteiger partial charge in [-0.3, -0.25) is 5.32 Å². The number of ether oxygens (including phenoxy) is 2. The summed E-state index contributed by atoms with van der Waals surface area (Å²) in [6.45, 7) is 1.60. The third-order valence-corrected chi connectivity index (χ3v) is 5.77. The van der Waals surface area contributed by atoms with Crippen molar-refractivity contribution in [3.8, 4) is 11.6 Å². The highest BCUT2D eigenvalue weighted by atomic mass is 32.1. The number of hydrogen-bond acceptors (Lipinski definition) is 10. The van der Waals surface area contributed by atoms with E-state index >= 15 is 0 Å². The van der Waals surface area contributed by atoms with Gasteiger partial charge in [0.25, 0.3) is 0 Å². The van der Waals surface area contributed by atoms with Gasteiger partial charge in [0.2, 0.25) is 5.88 Å². The van der Waals surface area contributed by atoms with Crippen molar-refractivity contribution in [1.82, 2.24) is 25.3 Å². The monoisotopic (exact) mass is 498 g/mol. The molecule has 2 aromatic heterocycles. The highest BCUT2D eigenvalue weighted by Crippen LogP contribution is 2.31. The van der Waals surface area contributed by atoms with Crippen LogP contribution in [0.1, 0.15) is 12.0 Å². The Labute approximate surface area is 196 Å². The van der Waals surface area contributed by atoms with Gasteiger partial charge in [0, 0.05) is 19.1 Å². The average molecular weight is 498 g/mol. The van der Waals surface area contributed by atoms with E-state index in [1.807, 2.05) is 0 Å². The van der Waals surface area contributed by atoms with Gasteiger partial charge in [0.15, 0.2) is 15.5 Å². The molecule has 1 saturated heterocycles. The summed E-state index contributed by atoms with van der Waals surface area (Å²) >= 11 is 1.17. The van der Waals surface area contributed by atoms with E-state index in [-0.39, 0.29) is 18.4 Å². The second-order valence-corrected chi connectivity index (χ2v) is 8.24. The van der Waals surface area contributed by atoms with Crippen LogP contribution in [0, 0.1) is 0 Å². The summed E-state index contributed by atoms with van der Waals surface area (Å²) in [5.41, 5.74) is -0.305. The van der Waals surface area contributed by atoms with Gasteiger partial charge in [-0.1, -0.05) is 17.4 Å². The zero-order valence-electron chi connectivity index (χ0n) is 18.0. The van der Waals surface area contributed by atoms with Crippen molar-refractivity contribution in [2.75, 3.05) is 38.7 Å². The molecule has 1 aromatic carbocycles. The largest absolute Gasteiger partial charge is 0.492 e. The lowest BCUT2D eigenvalue weighted by Crippen LogP contribution is -2.36. The number of anilines is 1. The molecule has 1 amide bonds. The van der Waals surface area contributed by atoms with Gasteiger partial charge >= 0.3 is 12.3 Å². The Bertz CT molecular complexity index is 1140. The normalized spacial score (nSPS) is 16.5. The number of alkyl halides is 3. The number of carbonyl (C=O) groups is 1. The number of amides is 1. The number of halogens is 3. The number of nitrogens with zero attached hydrogens (tertiary/aromatic N) is 4. The maximum absolute atomic E-state index is 12.8. The van der Waals surface area contributed by atoms with E-state index in [1.165, 1.54) is 42.0 Å². The number of carbonyl (C=O) groups excluding carboxylic acids is 1. The third-order valence-electron chi connectivity index (χ3n) is 4.89. The van der Waals surface area contributed by atoms with Crippen LogP contribution in [0.25, 0.3) is 10.3 Å². The number of hydrogen-bond donors (Lipinski definition) is 2. The molecule has 0 saturated carbocycles. The van der Waals surface area contributed by atoms with E-state index < -0.39 is 17.8 Å². The van der Waals surface area contributed by atoms with Gasteiger partial charge in [-0.25, -0.2) is 14.8 Å². The molecular formula is C20H21F3N6O4S. The third kappa shape index (κ3) is 6.01. The zero-order valence-corrected chi connectivity index (χ0v) is 18.8. The van der Waals surface area contributed by atoms with Crippen LogP contribution in [0.2, 0.25) is 0 Å². The van der Waals surface area contributed by atoms with Crippen LogP contribution in [-0.2, 0) is 11.0 Å². The van der Waals surface area contributed by atoms with E-state index in [0.29, 0.717) is 41.0 Å². The van der Waals surface area contributed by atoms with Gasteiger partial charge < -0.3 is 19.6 Å². The molecule has 2 N–H and O–H groups in total. The summed E-state index contributed by atoms with van der Waals surface area (Å²) in [5.74, 6) is 0.469. The first-order chi connectivity index (χ1) is 16.3. The molecule has 0 bridgehead atoms. The standard InChI is InChI=1S/C20H21F3N6O4S/c1-31-16-15-17(26-11-25-16)34-18(27-15)28-19(30)33-29-7-5-13(10-29)24-6-8-32-14-4-2-3-12(9-14)20(21,22)23/h2-4,9,11,13,24H,5-8,10H2,1H3,(H,27,28,30). The maximum atomic E-state index is 12.8. The molecular weight excluding hydrogens is 477 g/mol. The predicted octanol–water partition coefficient (Wildman–Crippen LogP) is 3.32. The summed E-state index contributed by atoms with van der Waals surface area (Å²) in [6.07, 6.45) is -3.01. The minimum Gasteiger partial charge on any atom is -0.492 e. The number of thiazole rings is 1. The minimum absolute atomic E-state index is 0.0416. The summed E-state index contributed by atoms with van der Waals surface area (Å²) in [4.78, 5) is 30.4. The molecule has 0 aliphatic carbocycles. The summed E-state index contributed by atoms with van der Waals surface area (Å²) in [7, 11) is 1.47. The zero-order chi connectivity index (χ0) is 24.1. The smallest absolute Gasteiger partial charge is 0.432 e. The molecule has 34 heavy (non-hydrogen) atoms. The highest BCUT2D eigenvalue weighted by Gasteiger charge is 2.30. The van der Waals surface area contributed by atoms with Crippen molar-refractivity contribution < 1.29 is 32.3 Å². The van der Waals surface area contributed by atoms with E-state index in [1.54, 1.807) is 0 Å². The number of nitrogens with one attached hydrogen (secondary N) is 2. The molecule has 1 aliphatic rings. The molecule has 14 heteroatoms. The molecule has 1 unspecified atom stereocenters. The van der Waals surface area contributed by atoms with Crippen LogP contribution in [0.3, 0.4) is 0 Å². The number of rotatable bonds is 8. The summed E-state index contributed by atoms with van der Waals surface area (Å²) in [6, 6.07) is 4.79. The second-order valence-electron chi connectivity index (χ2n) is 7.26. The van der Waals surface area contributed by atoms with E-state index in [0.717, 1.165) is 18.6 Å². The predicted molar refractivity (Wildman–Crippen MR) is 117 cm³/mol. The topological polar surface area (TPSA) is 111 Å². The van der Waals surface area contributed by atoms with Crippen molar-refractivity contribution in [3.05, 3.63) is 36.2 Å². The Morgan fingerprint density at radius 1 is 1.32 bits per heavy atom. The lowest BCUT2D eigenvalue weighted by Gasteiger charge is -2.16. The number of aromatic nitrogens is 3. The van der Waals surface area contributed by atoms with Crippen LogP contribution in [0.5, 0.6) is 11.6 Å². The van der Waals surface area contributed by atoms with Gasteiger partial charge in [-0.05, 0) is 24.6 Å². The highest BCUT2D eigenvalue weighted by molar-refractivity contribution is 7.22. The van der Waals surface area contributed by atoms with Gasteiger partial charge in [-0.2, -0.15) is 18.2 Å². The molecule has 182 valence electrons. The maximum Gasteiger partial charge on any atom is 0.432 e. The number of benzene rings is 1. The van der Waals surface area contributed by atoms with Gasteiger partial charge in [-0.15, -0.1) is 5.06 Å².